The molecule has 0 saturated heterocycles. The zero-order valence-electron chi connectivity index (χ0n) is 6.86. The molecule has 1 N–H and O–H groups in total. The van der Waals surface area contributed by atoms with Crippen molar-refractivity contribution in [3.05, 3.63) is 22.4 Å². The van der Waals surface area contributed by atoms with E-state index in [-0.39, 0.29) is 9.44 Å². The number of rotatable bonds is 2. The molecule has 5 heteroatoms. The van der Waals surface area contributed by atoms with Crippen molar-refractivity contribution in [1.82, 2.24) is 0 Å². The number of aliphatic hydroxyl groups excluding tert-OH is 1. The van der Waals surface area contributed by atoms with E-state index < -0.39 is 6.10 Å². The summed E-state index contributed by atoms with van der Waals surface area (Å²) >= 11 is 7.87. The molecule has 1 heterocycles. The van der Waals surface area contributed by atoms with Gasteiger partial charge in [-0.2, -0.15) is 0 Å². The van der Waals surface area contributed by atoms with Gasteiger partial charge in [0.1, 0.15) is 11.0 Å². The van der Waals surface area contributed by atoms with Gasteiger partial charge in [-0.15, -0.1) is 11.3 Å². The predicted octanol–water partition coefficient (Wildman–Crippen LogP) is 1.72. The van der Waals surface area contributed by atoms with E-state index in [9.17, 15) is 4.79 Å². The molecular formula is C8H8ClO2S2+. The van der Waals surface area contributed by atoms with Crippen molar-refractivity contribution in [3.8, 4) is 0 Å². The van der Waals surface area contributed by atoms with Crippen molar-refractivity contribution in [3.63, 3.8) is 0 Å². The Labute approximate surface area is 89.1 Å². The van der Waals surface area contributed by atoms with Gasteiger partial charge in [-0.3, -0.25) is 0 Å². The summed E-state index contributed by atoms with van der Waals surface area (Å²) in [6, 6.07) is 3.53. The van der Waals surface area contributed by atoms with Crippen LogP contribution in [0.3, 0.4) is 0 Å². The van der Waals surface area contributed by atoms with Gasteiger partial charge in [0.15, 0.2) is 0 Å². The Hall–Kier alpha value is -0.290. The molecule has 1 aromatic heterocycles. The Balaban J connectivity index is 2.76. The van der Waals surface area contributed by atoms with Gasteiger partial charge in [0.25, 0.3) is 11.4 Å². The highest BCUT2D eigenvalue weighted by Gasteiger charge is 2.23. The van der Waals surface area contributed by atoms with Crippen molar-refractivity contribution in [2.45, 2.75) is 13.0 Å². The van der Waals surface area contributed by atoms with E-state index in [2.05, 4.69) is 0 Å². The third-order valence-electron chi connectivity index (χ3n) is 1.24. The average Bonchev–Trinajstić information content (AvgIpc) is 2.55. The molecule has 13 heavy (non-hydrogen) atoms. The van der Waals surface area contributed by atoms with Crippen LogP contribution in [0.25, 0.3) is 0 Å². The summed E-state index contributed by atoms with van der Waals surface area (Å²) in [6.45, 7) is 1.52. The number of hydrogen-bond acceptors (Lipinski definition) is 3. The van der Waals surface area contributed by atoms with E-state index >= 15 is 0 Å². The molecule has 0 aliphatic carbocycles. The molecule has 2 nitrogen and oxygen atoms in total. The summed E-state index contributed by atoms with van der Waals surface area (Å²) in [5.41, 5.74) is 0. The molecule has 1 rings (SSSR count). The van der Waals surface area contributed by atoms with Crippen LogP contribution in [0, 0.1) is 0 Å². The lowest BCUT2D eigenvalue weighted by Crippen LogP contribution is -2.13. The van der Waals surface area contributed by atoms with Gasteiger partial charge in [0.2, 0.25) is 0 Å². The second-order valence-electron chi connectivity index (χ2n) is 2.35. The number of hydrogen-bond donors (Lipinski definition) is 1. The highest BCUT2D eigenvalue weighted by molar-refractivity contribution is 7.97. The van der Waals surface area contributed by atoms with Gasteiger partial charge >= 0.3 is 9.44 Å². The van der Waals surface area contributed by atoms with Crippen LogP contribution < -0.4 is 0 Å². The fraction of sp³-hybridized carbons (Fsp3) is 0.250. The first kappa shape index (κ1) is 10.8. The maximum absolute atomic E-state index is 11.4. The zero-order valence-corrected chi connectivity index (χ0v) is 9.25. The minimum absolute atomic E-state index is 0.124. The largest absolute Gasteiger partial charge is 0.446 e. The fourth-order valence-corrected chi connectivity index (χ4v) is 2.17. The SMILES string of the molecule is CC(O)C(Cl)=[S+]C(=O)c1cccs1. The molecule has 0 aliphatic heterocycles. The number of halogens is 1. The van der Waals surface area contributed by atoms with Crippen molar-refractivity contribution in [2.75, 3.05) is 0 Å². The van der Waals surface area contributed by atoms with E-state index in [1.165, 1.54) is 18.3 Å². The van der Waals surface area contributed by atoms with E-state index in [1.807, 2.05) is 5.38 Å². The number of thiophene rings is 1. The lowest BCUT2D eigenvalue weighted by Gasteiger charge is -1.87. The smallest absolute Gasteiger partial charge is 0.382 e. The highest BCUT2D eigenvalue weighted by atomic mass is 35.5. The van der Waals surface area contributed by atoms with Crippen molar-refractivity contribution < 1.29 is 9.90 Å². The lowest BCUT2D eigenvalue weighted by atomic mass is 10.5. The molecule has 0 amide bonds. The van der Waals surface area contributed by atoms with Crippen molar-refractivity contribution in [1.29, 1.82) is 0 Å². The Bertz CT molecular complexity index is 317. The fourth-order valence-electron chi connectivity index (χ4n) is 0.619. The molecular weight excluding hydrogens is 228 g/mol. The molecule has 0 aliphatic rings. The van der Waals surface area contributed by atoms with Gasteiger partial charge in [-0.1, -0.05) is 6.07 Å². The van der Waals surface area contributed by atoms with Crippen molar-refractivity contribution >= 4 is 43.7 Å². The van der Waals surface area contributed by atoms with Crippen LogP contribution in [0.5, 0.6) is 0 Å². The third-order valence-corrected chi connectivity index (χ3v) is 3.73. The number of carbonyl (C=O) groups is 1. The van der Waals surface area contributed by atoms with Crippen LogP contribution in [-0.4, -0.2) is 20.6 Å². The van der Waals surface area contributed by atoms with Gasteiger partial charge < -0.3 is 5.11 Å². The number of aliphatic hydroxyl groups is 1. The molecule has 1 unspecified atom stereocenters. The van der Waals surface area contributed by atoms with Crippen LogP contribution in [0.2, 0.25) is 0 Å². The van der Waals surface area contributed by atoms with Gasteiger partial charge in [-0.25, -0.2) is 4.79 Å². The van der Waals surface area contributed by atoms with Crippen LogP contribution in [0.15, 0.2) is 17.5 Å². The van der Waals surface area contributed by atoms with E-state index in [0.29, 0.717) is 4.88 Å². The molecule has 0 spiro atoms. The molecule has 0 saturated carbocycles. The minimum Gasteiger partial charge on any atom is -0.382 e. The lowest BCUT2D eigenvalue weighted by molar-refractivity contribution is 0.109. The number of carbonyl (C=O) groups excluding carboxylic acids is 1. The van der Waals surface area contributed by atoms with Crippen LogP contribution >= 0.6 is 22.9 Å². The van der Waals surface area contributed by atoms with Gasteiger partial charge in [0.05, 0.1) is 0 Å². The Morgan fingerprint density at radius 3 is 2.92 bits per heavy atom. The third kappa shape index (κ3) is 3.15. The minimum atomic E-state index is -0.768. The first-order valence-corrected chi connectivity index (χ1v) is 5.64. The summed E-state index contributed by atoms with van der Waals surface area (Å²) in [7, 11) is 0. The first-order chi connectivity index (χ1) is 6.11. The van der Waals surface area contributed by atoms with E-state index in [4.69, 9.17) is 16.7 Å². The van der Waals surface area contributed by atoms with Crippen LogP contribution in [0.4, 0.5) is 0 Å². The highest BCUT2D eigenvalue weighted by Crippen LogP contribution is 2.09. The Morgan fingerprint density at radius 1 is 1.77 bits per heavy atom. The second-order valence-corrected chi connectivity index (χ2v) is 4.94. The predicted molar refractivity (Wildman–Crippen MR) is 58.6 cm³/mol. The Kier molecular flexibility index (Phi) is 3.99. The van der Waals surface area contributed by atoms with Gasteiger partial charge in [0, 0.05) is 0 Å². The van der Waals surface area contributed by atoms with E-state index in [1.54, 1.807) is 12.1 Å². The summed E-state index contributed by atoms with van der Waals surface area (Å²) < 4.78 is 0.207. The van der Waals surface area contributed by atoms with E-state index in [0.717, 1.165) is 11.4 Å². The molecule has 0 aromatic carbocycles. The summed E-state index contributed by atoms with van der Waals surface area (Å²) in [5, 5.41) is 10.7. The molecule has 0 radical (unpaired) electrons. The Morgan fingerprint density at radius 2 is 2.46 bits per heavy atom. The monoisotopic (exact) mass is 235 g/mol. The first-order valence-electron chi connectivity index (χ1n) is 3.57. The summed E-state index contributed by atoms with van der Waals surface area (Å²) in [5.74, 6) is 0. The summed E-state index contributed by atoms with van der Waals surface area (Å²) in [6.07, 6.45) is -0.768. The maximum Gasteiger partial charge on any atom is 0.446 e. The normalized spacial score (nSPS) is 14.2. The molecule has 1 atom stereocenters. The van der Waals surface area contributed by atoms with Crippen molar-refractivity contribution in [2.24, 2.45) is 0 Å². The molecule has 0 bridgehead atoms. The van der Waals surface area contributed by atoms with Crippen LogP contribution in [-0.2, 0) is 11.4 Å². The molecule has 1 aromatic rings. The molecule has 70 valence electrons. The average molecular weight is 236 g/mol. The maximum atomic E-state index is 11.4. The second kappa shape index (κ2) is 4.81. The standard InChI is InChI=1S/C8H8ClO2S2/c1-5(10)7(9)13-8(11)6-3-2-4-12-6/h2-5,10H,1H3/q+1. The van der Waals surface area contributed by atoms with Crippen LogP contribution in [0.1, 0.15) is 16.6 Å². The van der Waals surface area contributed by atoms with Gasteiger partial charge in [-0.05, 0) is 30.0 Å². The topological polar surface area (TPSA) is 37.3 Å². The molecule has 0 fully saturated rings. The summed E-state index contributed by atoms with van der Waals surface area (Å²) in [4.78, 5) is 12.0. The quantitative estimate of drug-likeness (QED) is 0.482. The zero-order chi connectivity index (χ0) is 9.84.